The van der Waals surface area contributed by atoms with E-state index in [0.29, 0.717) is 17.7 Å². The zero-order chi connectivity index (χ0) is 27.9. The van der Waals surface area contributed by atoms with E-state index in [1.54, 1.807) is 26.2 Å². The van der Waals surface area contributed by atoms with E-state index < -0.39 is 0 Å². The molecule has 2 aliphatic heterocycles. The lowest BCUT2D eigenvalue weighted by molar-refractivity contribution is -0.0678. The molecule has 1 saturated heterocycles. The lowest BCUT2D eigenvalue weighted by Gasteiger charge is -2.36. The number of nitrogens with one attached hydrogen (secondary N) is 2. The van der Waals surface area contributed by atoms with Gasteiger partial charge in [0.05, 0.1) is 78.1 Å². The Kier molecular flexibility index (Phi) is 7.75. The fourth-order valence-corrected chi connectivity index (χ4v) is 5.48. The molecule has 0 saturated carbocycles. The van der Waals surface area contributed by atoms with Crippen LogP contribution >= 0.6 is 45.5 Å². The molecule has 0 spiro atoms. The second kappa shape index (κ2) is 11.3. The van der Waals surface area contributed by atoms with Crippen LogP contribution in [0.1, 0.15) is 47.9 Å². The second-order valence-electron chi connectivity index (χ2n) is 10.4. The van der Waals surface area contributed by atoms with Crippen LogP contribution in [0, 0.1) is 0 Å². The maximum absolute atomic E-state index is 13.2. The quantitative estimate of drug-likeness (QED) is 0.212. The second-order valence-corrected chi connectivity index (χ2v) is 14.0. The number of aromatic nitrogens is 7. The van der Waals surface area contributed by atoms with Gasteiger partial charge in [-0.3, -0.25) is 9.69 Å². The summed E-state index contributed by atoms with van der Waals surface area (Å²) in [5.74, 6) is 0.270. The molecular formula is C26H28I2N10O2. The van der Waals surface area contributed by atoms with E-state index in [0.717, 1.165) is 60.8 Å². The molecule has 2 aliphatic rings. The van der Waals surface area contributed by atoms with E-state index in [-0.39, 0.29) is 15.5 Å². The number of ether oxygens (including phenoxy) is 1. The van der Waals surface area contributed by atoms with Crippen molar-refractivity contribution in [3.05, 3.63) is 65.9 Å². The Hall–Kier alpha value is -2.70. The van der Waals surface area contributed by atoms with Gasteiger partial charge in [0, 0.05) is 24.8 Å². The molecule has 2 N–H and O–H groups in total. The van der Waals surface area contributed by atoms with Crippen molar-refractivity contribution in [2.24, 2.45) is 0 Å². The molecule has 208 valence electrons. The number of hydrogen-bond donors (Lipinski definition) is 2. The number of alkyl halides is 1. The molecule has 0 aliphatic carbocycles. The zero-order valence-corrected chi connectivity index (χ0v) is 26.3. The van der Waals surface area contributed by atoms with E-state index in [2.05, 4.69) is 99.6 Å². The van der Waals surface area contributed by atoms with Gasteiger partial charge in [-0.1, -0.05) is 39.9 Å². The van der Waals surface area contributed by atoms with Crippen LogP contribution in [0.5, 0.6) is 0 Å². The molecule has 3 aromatic heterocycles. The van der Waals surface area contributed by atoms with Gasteiger partial charge in [-0.05, 0) is 43.5 Å². The van der Waals surface area contributed by atoms with Gasteiger partial charge in [0.1, 0.15) is 3.55 Å². The van der Waals surface area contributed by atoms with Gasteiger partial charge < -0.3 is 15.4 Å². The largest absolute Gasteiger partial charge is 0.378 e. The van der Waals surface area contributed by atoms with E-state index in [9.17, 15) is 4.79 Å². The Morgan fingerprint density at radius 2 is 2.05 bits per heavy atom. The third-order valence-corrected chi connectivity index (χ3v) is 8.09. The number of hydrogen-bond acceptors (Lipinski definition) is 9. The number of benzene rings is 1. The summed E-state index contributed by atoms with van der Waals surface area (Å²) < 4.78 is 8.60. The molecule has 6 rings (SSSR count). The van der Waals surface area contributed by atoms with E-state index in [1.165, 1.54) is 0 Å². The van der Waals surface area contributed by atoms with Crippen molar-refractivity contribution in [1.29, 1.82) is 0 Å². The first kappa shape index (κ1) is 27.5. The maximum atomic E-state index is 13.2. The first-order chi connectivity index (χ1) is 19.2. The highest BCUT2D eigenvalue weighted by Crippen LogP contribution is 2.32. The molecule has 1 fully saturated rings. The van der Waals surface area contributed by atoms with Gasteiger partial charge in [0.15, 0.2) is 5.69 Å². The Labute approximate surface area is 258 Å². The highest BCUT2D eigenvalue weighted by atomic mass is 127. The van der Waals surface area contributed by atoms with Crippen LogP contribution in [0.25, 0.3) is 11.3 Å². The predicted octanol–water partition coefficient (Wildman–Crippen LogP) is 4.08. The molecule has 5 heterocycles. The third kappa shape index (κ3) is 5.99. The highest BCUT2D eigenvalue weighted by Gasteiger charge is 2.32. The van der Waals surface area contributed by atoms with Crippen LogP contribution in [0.15, 0.2) is 49.1 Å². The van der Waals surface area contributed by atoms with Gasteiger partial charge in [0.25, 0.3) is 5.91 Å². The monoisotopic (exact) mass is 766 g/mol. The van der Waals surface area contributed by atoms with Crippen molar-refractivity contribution in [1.82, 2.24) is 43.2 Å². The van der Waals surface area contributed by atoms with Crippen molar-refractivity contribution >= 4 is 63.0 Å². The summed E-state index contributed by atoms with van der Waals surface area (Å²) in [4.78, 5) is 24.8. The molecule has 40 heavy (non-hydrogen) atoms. The maximum Gasteiger partial charge on any atom is 0.273 e. The minimum atomic E-state index is -0.284. The topological polar surface area (TPSA) is 128 Å². The summed E-state index contributed by atoms with van der Waals surface area (Å²) in [5.41, 5.74) is 5.17. The minimum absolute atomic E-state index is 0.159. The normalized spacial score (nSPS) is 18.1. The van der Waals surface area contributed by atoms with E-state index in [1.807, 2.05) is 26.1 Å². The molecule has 1 aromatic carbocycles. The van der Waals surface area contributed by atoms with Crippen LogP contribution in [-0.2, 0) is 14.8 Å². The average molecular weight is 766 g/mol. The fraction of sp³-hybridized carbons (Fsp3) is 0.385. The molecule has 4 aromatic rings. The predicted molar refractivity (Wildman–Crippen MR) is 166 cm³/mol. The summed E-state index contributed by atoms with van der Waals surface area (Å²) in [6.45, 7) is 7.11. The lowest BCUT2D eigenvalue weighted by atomic mass is 9.96. The average Bonchev–Trinajstić information content (AvgIpc) is 3.51. The van der Waals surface area contributed by atoms with Crippen molar-refractivity contribution in [3.8, 4) is 11.3 Å². The number of rotatable bonds is 7. The van der Waals surface area contributed by atoms with Crippen LogP contribution < -0.4 is 10.6 Å². The SMILES string of the molecule is CC(C)(I)n1cc(C(=O)N[C@@H]2CCN(C3COC3)Cc3cc(-c4ccnc(Nc5cnn(I)c5)n4)ccc32)nn1. The highest BCUT2D eigenvalue weighted by molar-refractivity contribution is 14.1. The molecule has 12 nitrogen and oxygen atoms in total. The Morgan fingerprint density at radius 3 is 2.75 bits per heavy atom. The van der Waals surface area contributed by atoms with Gasteiger partial charge in [-0.25, -0.2) is 17.5 Å². The standard InChI is InChI=1S/C26H28I2N10O2/c1-26(2,27)37-13-23(34-35-37)24(39)32-22-6-8-36(19-14-40-15-19)11-17-9-16(3-4-20(17)22)21-5-7-29-25(33-21)31-18-10-30-38(28)12-18/h3-5,7,9-10,12-13,19,22H,6,8,11,14-15H2,1-2H3,(H,32,39)(H,29,31,33)/t22-/m1/s1. The van der Waals surface area contributed by atoms with Crippen molar-refractivity contribution in [2.45, 2.75) is 42.4 Å². The number of carbonyl (C=O) groups excluding carboxylic acids is 1. The van der Waals surface area contributed by atoms with Crippen molar-refractivity contribution < 1.29 is 9.53 Å². The van der Waals surface area contributed by atoms with Gasteiger partial charge in [-0.2, -0.15) is 5.10 Å². The Bertz CT molecular complexity index is 1530. The summed E-state index contributed by atoms with van der Waals surface area (Å²) >= 11 is 4.36. The van der Waals surface area contributed by atoms with Crippen LogP contribution in [-0.4, -0.2) is 69.6 Å². The fourth-order valence-electron chi connectivity index (χ4n) is 4.82. The number of fused-ring (bicyclic) bond motifs is 1. The smallest absolute Gasteiger partial charge is 0.273 e. The lowest BCUT2D eigenvalue weighted by Crippen LogP contribution is -2.48. The summed E-state index contributed by atoms with van der Waals surface area (Å²) in [7, 11) is 0. The van der Waals surface area contributed by atoms with Crippen LogP contribution in [0.2, 0.25) is 0 Å². The van der Waals surface area contributed by atoms with Gasteiger partial charge >= 0.3 is 0 Å². The van der Waals surface area contributed by atoms with Gasteiger partial charge in [0.2, 0.25) is 5.95 Å². The summed E-state index contributed by atoms with van der Waals surface area (Å²) in [6.07, 6.45) is 7.81. The first-order valence-corrected chi connectivity index (χ1v) is 15.0. The molecule has 0 unspecified atom stereocenters. The third-order valence-electron chi connectivity index (χ3n) is 7.07. The zero-order valence-electron chi connectivity index (χ0n) is 22.0. The number of nitrogens with zero attached hydrogens (tertiary/aromatic N) is 8. The molecule has 14 heteroatoms. The Morgan fingerprint density at radius 1 is 1.20 bits per heavy atom. The van der Waals surface area contributed by atoms with Crippen LogP contribution in [0.3, 0.4) is 0 Å². The molecular weight excluding hydrogens is 738 g/mol. The number of carbonyl (C=O) groups is 1. The first-order valence-electron chi connectivity index (χ1n) is 12.9. The van der Waals surface area contributed by atoms with Crippen molar-refractivity contribution in [2.75, 3.05) is 25.1 Å². The minimum Gasteiger partial charge on any atom is -0.378 e. The Balaban J connectivity index is 1.28. The molecule has 1 amide bonds. The van der Waals surface area contributed by atoms with Gasteiger partial charge in [-0.15, -0.1) is 5.10 Å². The van der Waals surface area contributed by atoms with Crippen molar-refractivity contribution in [3.63, 3.8) is 0 Å². The van der Waals surface area contributed by atoms with E-state index >= 15 is 0 Å². The number of amides is 1. The molecule has 0 radical (unpaired) electrons. The number of halogens is 2. The molecule has 1 atom stereocenters. The number of anilines is 2. The van der Waals surface area contributed by atoms with E-state index in [4.69, 9.17) is 9.72 Å². The molecule has 0 bridgehead atoms. The van der Waals surface area contributed by atoms with Crippen LogP contribution in [0.4, 0.5) is 11.6 Å². The summed E-state index contributed by atoms with van der Waals surface area (Å²) in [6, 6.07) is 8.47. The summed E-state index contributed by atoms with van der Waals surface area (Å²) in [5, 5.41) is 18.9.